The molecule has 5 nitrogen and oxygen atoms in total. The quantitative estimate of drug-likeness (QED) is 0.691. The summed E-state index contributed by atoms with van der Waals surface area (Å²) in [6.07, 6.45) is 2.59. The van der Waals surface area contributed by atoms with Gasteiger partial charge in [0.05, 0.1) is 21.1 Å². The van der Waals surface area contributed by atoms with Crippen LogP contribution in [0.4, 0.5) is 5.69 Å². The molecule has 8 heteroatoms. The highest BCUT2D eigenvalue weighted by molar-refractivity contribution is 7.90. The Labute approximate surface area is 168 Å². The zero-order valence-electron chi connectivity index (χ0n) is 14.5. The van der Waals surface area contributed by atoms with Gasteiger partial charge >= 0.3 is 0 Å². The van der Waals surface area contributed by atoms with Crippen LogP contribution >= 0.6 is 23.2 Å². The Morgan fingerprint density at radius 3 is 2.67 bits per heavy atom. The number of hydrogen-bond donors (Lipinski definition) is 1. The van der Waals surface area contributed by atoms with Crippen LogP contribution in [0.5, 0.6) is 0 Å². The number of nitrogens with zero attached hydrogens (tertiary/aromatic N) is 2. The zero-order chi connectivity index (χ0) is 19.0. The molecule has 0 spiro atoms. The summed E-state index contributed by atoms with van der Waals surface area (Å²) in [5.74, 6) is 0. The van der Waals surface area contributed by atoms with Crippen molar-refractivity contribution in [3.05, 3.63) is 58.7 Å². The van der Waals surface area contributed by atoms with E-state index in [9.17, 15) is 8.42 Å². The fraction of sp³-hybridized carbons (Fsp3) is 0.263. The molecule has 4 rings (SSSR count). The Hall–Kier alpha value is -1.73. The molecule has 2 heterocycles. The van der Waals surface area contributed by atoms with E-state index in [1.54, 1.807) is 36.5 Å². The fourth-order valence-electron chi connectivity index (χ4n) is 3.49. The van der Waals surface area contributed by atoms with E-state index >= 15 is 0 Å². The minimum Gasteiger partial charge on any atom is -0.368 e. The molecule has 1 saturated heterocycles. The lowest BCUT2D eigenvalue weighted by molar-refractivity contribution is 0.589. The minimum atomic E-state index is -3.75. The number of rotatable bonds is 3. The van der Waals surface area contributed by atoms with Gasteiger partial charge in [-0.25, -0.2) is 12.4 Å². The third-order valence-electron chi connectivity index (χ3n) is 4.77. The van der Waals surface area contributed by atoms with Crippen molar-refractivity contribution < 1.29 is 8.42 Å². The Balaban J connectivity index is 1.86. The molecule has 0 radical (unpaired) electrons. The van der Waals surface area contributed by atoms with Crippen LogP contribution in [-0.4, -0.2) is 38.6 Å². The summed E-state index contributed by atoms with van der Waals surface area (Å²) < 4.78 is 27.6. The molecule has 0 aliphatic carbocycles. The SMILES string of the molecule is O=S(=O)(c1cccc(Cl)c1)n1ccc2c(N3CCCNCC3)c(Cl)ccc21. The van der Waals surface area contributed by atoms with Gasteiger partial charge in [0.2, 0.25) is 0 Å². The van der Waals surface area contributed by atoms with Gasteiger partial charge in [-0.1, -0.05) is 29.3 Å². The van der Waals surface area contributed by atoms with E-state index in [1.165, 1.54) is 10.0 Å². The first-order chi connectivity index (χ1) is 13.0. The molecule has 0 unspecified atom stereocenters. The Morgan fingerprint density at radius 1 is 1.00 bits per heavy atom. The molecule has 1 aliphatic heterocycles. The summed E-state index contributed by atoms with van der Waals surface area (Å²) in [7, 11) is -3.75. The van der Waals surface area contributed by atoms with E-state index in [0.717, 1.165) is 43.7 Å². The summed E-state index contributed by atoms with van der Waals surface area (Å²) in [4.78, 5) is 2.38. The third-order valence-corrected chi connectivity index (χ3v) is 6.99. The number of nitrogens with one attached hydrogen (secondary N) is 1. The van der Waals surface area contributed by atoms with Crippen molar-refractivity contribution in [1.82, 2.24) is 9.29 Å². The summed E-state index contributed by atoms with van der Waals surface area (Å²) in [5.41, 5.74) is 1.49. The van der Waals surface area contributed by atoms with Crippen LogP contribution in [0.15, 0.2) is 53.6 Å². The molecule has 1 N–H and O–H groups in total. The monoisotopic (exact) mass is 423 g/mol. The Kier molecular flexibility index (Phi) is 5.07. The van der Waals surface area contributed by atoms with E-state index in [1.807, 2.05) is 6.07 Å². The molecule has 3 aromatic rings. The van der Waals surface area contributed by atoms with Gasteiger partial charge in [-0.05, 0) is 49.4 Å². The average Bonchev–Trinajstić information content (AvgIpc) is 2.90. The lowest BCUT2D eigenvalue weighted by Crippen LogP contribution is -2.28. The first-order valence-corrected chi connectivity index (χ1v) is 10.9. The molecule has 1 aliphatic rings. The molecule has 1 aromatic heterocycles. The Bertz CT molecular complexity index is 1090. The van der Waals surface area contributed by atoms with Crippen molar-refractivity contribution in [2.75, 3.05) is 31.1 Å². The molecule has 0 bridgehead atoms. The van der Waals surface area contributed by atoms with Gasteiger partial charge in [0.15, 0.2) is 0 Å². The van der Waals surface area contributed by atoms with Crippen LogP contribution in [0.2, 0.25) is 10.0 Å². The van der Waals surface area contributed by atoms with Crippen molar-refractivity contribution in [3.63, 3.8) is 0 Å². The normalized spacial score (nSPS) is 15.9. The molecule has 1 fully saturated rings. The van der Waals surface area contributed by atoms with Gasteiger partial charge in [-0.2, -0.15) is 0 Å². The maximum Gasteiger partial charge on any atom is 0.268 e. The van der Waals surface area contributed by atoms with Crippen LogP contribution in [0, 0.1) is 0 Å². The van der Waals surface area contributed by atoms with Crippen molar-refractivity contribution >= 4 is 49.8 Å². The van der Waals surface area contributed by atoms with Crippen molar-refractivity contribution in [2.24, 2.45) is 0 Å². The first kappa shape index (κ1) is 18.6. The van der Waals surface area contributed by atoms with Gasteiger partial charge in [0.25, 0.3) is 10.0 Å². The largest absolute Gasteiger partial charge is 0.368 e. The van der Waals surface area contributed by atoms with Crippen LogP contribution in [0.3, 0.4) is 0 Å². The smallest absolute Gasteiger partial charge is 0.268 e. The first-order valence-electron chi connectivity index (χ1n) is 8.75. The molecular formula is C19H19Cl2N3O2S. The summed E-state index contributed by atoms with van der Waals surface area (Å²) in [6, 6.07) is 11.6. The van der Waals surface area contributed by atoms with E-state index < -0.39 is 10.0 Å². The van der Waals surface area contributed by atoms with Gasteiger partial charge < -0.3 is 10.2 Å². The predicted molar refractivity (Wildman–Crippen MR) is 111 cm³/mol. The summed E-state index contributed by atoms with van der Waals surface area (Å²) >= 11 is 12.5. The zero-order valence-corrected chi connectivity index (χ0v) is 16.9. The van der Waals surface area contributed by atoms with Gasteiger partial charge in [0, 0.05) is 36.2 Å². The molecule has 2 aromatic carbocycles. The second-order valence-corrected chi connectivity index (χ2v) is 9.15. The van der Waals surface area contributed by atoms with Gasteiger partial charge in [-0.15, -0.1) is 0 Å². The fourth-order valence-corrected chi connectivity index (χ4v) is 5.42. The van der Waals surface area contributed by atoms with Crippen molar-refractivity contribution in [3.8, 4) is 0 Å². The van der Waals surface area contributed by atoms with Crippen LogP contribution < -0.4 is 10.2 Å². The summed E-state index contributed by atoms with van der Waals surface area (Å²) in [5, 5.41) is 5.21. The number of fused-ring (bicyclic) bond motifs is 1. The Morgan fingerprint density at radius 2 is 1.85 bits per heavy atom. The highest BCUT2D eigenvalue weighted by Gasteiger charge is 2.23. The molecular weight excluding hydrogens is 405 g/mol. The van der Waals surface area contributed by atoms with Crippen LogP contribution in [0.1, 0.15) is 6.42 Å². The van der Waals surface area contributed by atoms with Crippen LogP contribution in [0.25, 0.3) is 10.9 Å². The standard InChI is InChI=1S/C19H19Cl2N3O2S/c20-14-3-1-4-15(13-14)27(25,26)24-11-7-16-18(24)6-5-17(21)19(16)23-10-2-8-22-9-12-23/h1,3-7,11,13,22H,2,8-10,12H2. The molecule has 0 amide bonds. The van der Waals surface area contributed by atoms with E-state index in [0.29, 0.717) is 15.6 Å². The topological polar surface area (TPSA) is 54.3 Å². The summed E-state index contributed by atoms with van der Waals surface area (Å²) in [6.45, 7) is 3.53. The van der Waals surface area contributed by atoms with Crippen molar-refractivity contribution in [1.29, 1.82) is 0 Å². The second kappa shape index (κ2) is 7.36. The average molecular weight is 424 g/mol. The van der Waals surface area contributed by atoms with Crippen LogP contribution in [-0.2, 0) is 10.0 Å². The maximum absolute atomic E-state index is 13.1. The predicted octanol–water partition coefficient (Wildman–Crippen LogP) is 3.98. The maximum atomic E-state index is 13.1. The van der Waals surface area contributed by atoms with Gasteiger partial charge in [0.1, 0.15) is 0 Å². The third kappa shape index (κ3) is 3.43. The second-order valence-electron chi connectivity index (χ2n) is 6.49. The van der Waals surface area contributed by atoms with E-state index in [4.69, 9.17) is 23.2 Å². The highest BCUT2D eigenvalue weighted by Crippen LogP contribution is 2.36. The number of benzene rings is 2. The van der Waals surface area contributed by atoms with E-state index in [2.05, 4.69) is 10.2 Å². The highest BCUT2D eigenvalue weighted by atomic mass is 35.5. The molecule has 27 heavy (non-hydrogen) atoms. The number of hydrogen-bond acceptors (Lipinski definition) is 4. The van der Waals surface area contributed by atoms with Crippen molar-refractivity contribution in [2.45, 2.75) is 11.3 Å². The lowest BCUT2D eigenvalue weighted by Gasteiger charge is -2.24. The molecule has 142 valence electrons. The minimum absolute atomic E-state index is 0.156. The molecule has 0 saturated carbocycles. The number of anilines is 1. The molecule has 0 atom stereocenters. The van der Waals surface area contributed by atoms with E-state index in [-0.39, 0.29) is 4.90 Å². The van der Waals surface area contributed by atoms with Gasteiger partial charge in [-0.3, -0.25) is 0 Å². The number of aromatic nitrogens is 1. The number of halogens is 2. The lowest BCUT2D eigenvalue weighted by atomic mass is 10.2.